The predicted octanol–water partition coefficient (Wildman–Crippen LogP) is 1.96. The monoisotopic (exact) mass is 186 g/mol. The molecular formula is C10H8N3O. The van der Waals surface area contributed by atoms with Crippen molar-refractivity contribution >= 4 is 11.4 Å². The highest BCUT2D eigenvalue weighted by Crippen LogP contribution is 2.20. The Labute approximate surface area is 81.4 Å². The van der Waals surface area contributed by atoms with Crippen LogP contribution in [0.2, 0.25) is 0 Å². The van der Waals surface area contributed by atoms with Crippen molar-refractivity contribution in [2.75, 3.05) is 5.06 Å². The lowest BCUT2D eigenvalue weighted by molar-refractivity contribution is 0.196. The Hall–Kier alpha value is -1.94. The van der Waals surface area contributed by atoms with Gasteiger partial charge in [-0.3, -0.25) is 9.97 Å². The average Bonchev–Trinajstić information content (AvgIpc) is 2.30. The van der Waals surface area contributed by atoms with Crippen molar-refractivity contribution in [1.29, 1.82) is 0 Å². The summed E-state index contributed by atoms with van der Waals surface area (Å²) < 4.78 is 0. The molecule has 0 saturated carbocycles. The van der Waals surface area contributed by atoms with Crippen molar-refractivity contribution in [3.8, 4) is 0 Å². The van der Waals surface area contributed by atoms with Gasteiger partial charge in [0.15, 0.2) is 0 Å². The van der Waals surface area contributed by atoms with Crippen molar-refractivity contribution in [1.82, 2.24) is 9.97 Å². The summed E-state index contributed by atoms with van der Waals surface area (Å²) in [5.74, 6) is 0. The quantitative estimate of drug-likeness (QED) is 0.673. The Balaban J connectivity index is 2.30. The molecule has 0 atom stereocenters. The Bertz CT molecular complexity index is 351. The molecule has 0 aliphatic carbocycles. The molecule has 14 heavy (non-hydrogen) atoms. The van der Waals surface area contributed by atoms with E-state index in [-0.39, 0.29) is 0 Å². The van der Waals surface area contributed by atoms with Gasteiger partial charge in [-0.25, -0.2) is 0 Å². The molecule has 69 valence electrons. The number of nitrogens with zero attached hydrogens (tertiary/aromatic N) is 3. The van der Waals surface area contributed by atoms with Crippen LogP contribution in [-0.4, -0.2) is 9.97 Å². The first-order valence-corrected chi connectivity index (χ1v) is 4.15. The van der Waals surface area contributed by atoms with Gasteiger partial charge in [-0.2, -0.15) is 5.06 Å². The highest BCUT2D eigenvalue weighted by Gasteiger charge is 2.06. The molecule has 2 aromatic heterocycles. The first-order valence-electron chi connectivity index (χ1n) is 4.15. The molecule has 1 radical (unpaired) electrons. The van der Waals surface area contributed by atoms with Crippen LogP contribution in [0.25, 0.3) is 0 Å². The second-order valence-corrected chi connectivity index (χ2v) is 2.72. The predicted molar refractivity (Wildman–Crippen MR) is 51.3 cm³/mol. The van der Waals surface area contributed by atoms with Crippen LogP contribution in [0.4, 0.5) is 11.4 Å². The summed E-state index contributed by atoms with van der Waals surface area (Å²) in [4.78, 5) is 7.74. The Morgan fingerprint density at radius 2 is 1.43 bits per heavy atom. The third-order valence-corrected chi connectivity index (χ3v) is 1.76. The molecule has 0 amide bonds. The van der Waals surface area contributed by atoms with E-state index in [9.17, 15) is 5.21 Å². The fourth-order valence-electron chi connectivity index (χ4n) is 1.10. The number of aromatic nitrogens is 2. The molecule has 4 heteroatoms. The molecule has 0 fully saturated rings. The zero-order valence-corrected chi connectivity index (χ0v) is 7.37. The second kappa shape index (κ2) is 3.85. The highest BCUT2D eigenvalue weighted by atomic mass is 16.5. The standard InChI is InChI=1S/C10H8N3O/c14-13(9-3-1-5-11-7-9)10-4-2-6-12-8-10/h1-8H. The number of anilines is 2. The number of hydrogen-bond donors (Lipinski definition) is 0. The van der Waals surface area contributed by atoms with E-state index in [4.69, 9.17) is 0 Å². The van der Waals surface area contributed by atoms with Gasteiger partial charge in [0.1, 0.15) is 0 Å². The van der Waals surface area contributed by atoms with Gasteiger partial charge in [0.2, 0.25) is 0 Å². The fraction of sp³-hybridized carbons (Fsp3) is 0. The lowest BCUT2D eigenvalue weighted by Crippen LogP contribution is -2.08. The lowest BCUT2D eigenvalue weighted by atomic mass is 10.3. The molecular weight excluding hydrogens is 178 g/mol. The summed E-state index contributed by atoms with van der Waals surface area (Å²) in [5, 5.41) is 12.5. The Kier molecular flexibility index (Phi) is 2.38. The number of rotatable bonds is 2. The van der Waals surface area contributed by atoms with Crippen LogP contribution < -0.4 is 5.06 Å². The van der Waals surface area contributed by atoms with Gasteiger partial charge < -0.3 is 0 Å². The smallest absolute Gasteiger partial charge is 0.0910 e. The van der Waals surface area contributed by atoms with E-state index in [0.717, 1.165) is 5.06 Å². The van der Waals surface area contributed by atoms with Crippen molar-refractivity contribution in [3.05, 3.63) is 49.1 Å². The number of pyridine rings is 2. The van der Waals surface area contributed by atoms with Gasteiger partial charge in [-0.15, -0.1) is 0 Å². The highest BCUT2D eigenvalue weighted by molar-refractivity contribution is 5.57. The summed E-state index contributed by atoms with van der Waals surface area (Å²) in [6.45, 7) is 0. The molecule has 0 unspecified atom stereocenters. The van der Waals surface area contributed by atoms with Crippen molar-refractivity contribution in [2.45, 2.75) is 0 Å². The van der Waals surface area contributed by atoms with Crippen LogP contribution in [0, 0.1) is 0 Å². The Morgan fingerprint density at radius 3 is 1.79 bits per heavy atom. The molecule has 0 saturated heterocycles. The van der Waals surface area contributed by atoms with Crippen LogP contribution in [0.5, 0.6) is 0 Å². The first-order chi connectivity index (χ1) is 6.88. The van der Waals surface area contributed by atoms with Crippen LogP contribution >= 0.6 is 0 Å². The van der Waals surface area contributed by atoms with Crippen LogP contribution in [0.3, 0.4) is 0 Å². The van der Waals surface area contributed by atoms with Gasteiger partial charge in [0.25, 0.3) is 0 Å². The SMILES string of the molecule is [O]N(c1cccnc1)c1cccnc1. The lowest BCUT2D eigenvalue weighted by Gasteiger charge is -2.12. The van der Waals surface area contributed by atoms with Gasteiger partial charge in [0.05, 0.1) is 23.8 Å². The zero-order valence-electron chi connectivity index (χ0n) is 7.37. The van der Waals surface area contributed by atoms with E-state index in [1.54, 1.807) is 36.7 Å². The molecule has 0 bridgehead atoms. The van der Waals surface area contributed by atoms with E-state index >= 15 is 0 Å². The van der Waals surface area contributed by atoms with Gasteiger partial charge in [0, 0.05) is 12.4 Å². The summed E-state index contributed by atoms with van der Waals surface area (Å²) in [6, 6.07) is 6.84. The van der Waals surface area contributed by atoms with Crippen LogP contribution in [-0.2, 0) is 5.21 Å². The maximum atomic E-state index is 11.7. The molecule has 0 N–H and O–H groups in total. The third kappa shape index (κ3) is 1.70. The molecule has 0 aliphatic heterocycles. The number of hydrogen-bond acceptors (Lipinski definition) is 3. The summed E-state index contributed by atoms with van der Waals surface area (Å²) >= 11 is 0. The topological polar surface area (TPSA) is 48.9 Å². The second-order valence-electron chi connectivity index (χ2n) is 2.72. The minimum absolute atomic E-state index is 0.500. The minimum atomic E-state index is 0.500. The van der Waals surface area contributed by atoms with Gasteiger partial charge in [-0.05, 0) is 24.3 Å². The molecule has 0 aromatic carbocycles. The molecule has 2 aromatic rings. The van der Waals surface area contributed by atoms with Gasteiger partial charge >= 0.3 is 0 Å². The fourth-order valence-corrected chi connectivity index (χ4v) is 1.10. The van der Waals surface area contributed by atoms with E-state index in [0.29, 0.717) is 11.4 Å². The van der Waals surface area contributed by atoms with Crippen molar-refractivity contribution in [3.63, 3.8) is 0 Å². The zero-order chi connectivity index (χ0) is 9.80. The van der Waals surface area contributed by atoms with E-state index < -0.39 is 0 Å². The molecule has 2 heterocycles. The van der Waals surface area contributed by atoms with Crippen LogP contribution in [0.15, 0.2) is 49.1 Å². The molecule has 4 nitrogen and oxygen atoms in total. The molecule has 0 aliphatic rings. The van der Waals surface area contributed by atoms with E-state index in [1.807, 2.05) is 0 Å². The third-order valence-electron chi connectivity index (χ3n) is 1.76. The largest absolute Gasteiger partial charge is 0.262 e. The maximum Gasteiger partial charge on any atom is 0.0910 e. The molecule has 0 spiro atoms. The van der Waals surface area contributed by atoms with Gasteiger partial charge in [-0.1, -0.05) is 5.21 Å². The van der Waals surface area contributed by atoms with Crippen LogP contribution in [0.1, 0.15) is 0 Å². The Morgan fingerprint density at radius 1 is 0.929 bits per heavy atom. The first kappa shape index (κ1) is 8.65. The summed E-state index contributed by atoms with van der Waals surface area (Å²) in [7, 11) is 0. The van der Waals surface area contributed by atoms with Crippen molar-refractivity contribution < 1.29 is 5.21 Å². The van der Waals surface area contributed by atoms with E-state index in [1.165, 1.54) is 12.4 Å². The minimum Gasteiger partial charge on any atom is -0.262 e. The normalized spacial score (nSPS) is 9.79. The summed E-state index contributed by atoms with van der Waals surface area (Å²) in [5.41, 5.74) is 1.00. The maximum absolute atomic E-state index is 11.7. The average molecular weight is 186 g/mol. The summed E-state index contributed by atoms with van der Waals surface area (Å²) in [6.07, 6.45) is 6.28. The van der Waals surface area contributed by atoms with E-state index in [2.05, 4.69) is 9.97 Å². The van der Waals surface area contributed by atoms with Crippen molar-refractivity contribution in [2.24, 2.45) is 0 Å². The molecule has 2 rings (SSSR count).